The van der Waals surface area contributed by atoms with Gasteiger partial charge >= 0.3 is 0 Å². The molecule has 0 heterocycles. The maximum Gasteiger partial charge on any atom is 0.122 e. The number of hydrogen-bond donors (Lipinski definition) is 2. The molecule has 2 rings (SSSR count). The minimum atomic E-state index is -0.747. The first-order valence-corrected chi connectivity index (χ1v) is 7.71. The summed E-state index contributed by atoms with van der Waals surface area (Å²) in [6.07, 6.45) is -0.00795. The zero-order chi connectivity index (χ0) is 16.1. The summed E-state index contributed by atoms with van der Waals surface area (Å²) in [5, 5.41) is 11.1. The van der Waals surface area contributed by atoms with Crippen LogP contribution in [0.15, 0.2) is 48.5 Å². The third kappa shape index (κ3) is 4.01. The highest BCUT2D eigenvalue weighted by Crippen LogP contribution is 2.27. The van der Waals surface area contributed by atoms with Crippen molar-refractivity contribution in [1.29, 1.82) is 0 Å². The summed E-state index contributed by atoms with van der Waals surface area (Å²) >= 11 is 5.97. The van der Waals surface area contributed by atoms with E-state index in [1.54, 1.807) is 19.2 Å². The standard InChI is InChI=1S/C18H22ClNO2/c1-12(10-13-6-3-4-9-16(13)22-2)17(20)18(21)14-7-5-8-15(19)11-14/h3-9,11-12,17-18,21H,10,20H2,1-2H3. The topological polar surface area (TPSA) is 55.5 Å². The highest BCUT2D eigenvalue weighted by atomic mass is 35.5. The fourth-order valence-electron chi connectivity index (χ4n) is 2.58. The van der Waals surface area contributed by atoms with Crippen molar-refractivity contribution in [1.82, 2.24) is 0 Å². The quantitative estimate of drug-likeness (QED) is 0.855. The highest BCUT2D eigenvalue weighted by Gasteiger charge is 2.24. The second-order valence-electron chi connectivity index (χ2n) is 5.57. The molecule has 0 amide bonds. The van der Waals surface area contributed by atoms with E-state index < -0.39 is 6.10 Å². The van der Waals surface area contributed by atoms with Crippen molar-refractivity contribution < 1.29 is 9.84 Å². The number of rotatable bonds is 6. The van der Waals surface area contributed by atoms with Gasteiger partial charge in [0.05, 0.1) is 13.2 Å². The summed E-state index contributed by atoms with van der Waals surface area (Å²) < 4.78 is 5.37. The summed E-state index contributed by atoms with van der Waals surface area (Å²) in [6, 6.07) is 14.7. The maximum absolute atomic E-state index is 10.5. The number of para-hydroxylation sites is 1. The first-order chi connectivity index (χ1) is 10.5. The van der Waals surface area contributed by atoms with E-state index in [1.165, 1.54) is 0 Å². The molecule has 3 atom stereocenters. The number of hydrogen-bond acceptors (Lipinski definition) is 3. The number of halogens is 1. The zero-order valence-electron chi connectivity index (χ0n) is 12.9. The molecular weight excluding hydrogens is 298 g/mol. The number of aliphatic hydroxyl groups excluding tert-OH is 1. The lowest BCUT2D eigenvalue weighted by Gasteiger charge is -2.26. The van der Waals surface area contributed by atoms with Gasteiger partial charge in [-0.15, -0.1) is 0 Å². The van der Waals surface area contributed by atoms with Crippen molar-refractivity contribution in [3.8, 4) is 5.75 Å². The van der Waals surface area contributed by atoms with Gasteiger partial charge in [-0.05, 0) is 41.7 Å². The molecule has 0 aliphatic carbocycles. The van der Waals surface area contributed by atoms with Gasteiger partial charge in [0.1, 0.15) is 5.75 Å². The molecule has 0 saturated heterocycles. The molecule has 0 bridgehead atoms. The Kier molecular flexibility index (Phi) is 5.83. The molecule has 22 heavy (non-hydrogen) atoms. The summed E-state index contributed by atoms with van der Waals surface area (Å²) in [4.78, 5) is 0. The van der Waals surface area contributed by atoms with E-state index in [4.69, 9.17) is 22.1 Å². The Labute approximate surface area is 136 Å². The molecule has 0 spiro atoms. The summed E-state index contributed by atoms with van der Waals surface area (Å²) in [6.45, 7) is 2.03. The first-order valence-electron chi connectivity index (χ1n) is 7.34. The van der Waals surface area contributed by atoms with Gasteiger partial charge in [-0.25, -0.2) is 0 Å². The molecule has 0 aromatic heterocycles. The molecule has 2 aromatic rings. The molecule has 0 aliphatic heterocycles. The smallest absolute Gasteiger partial charge is 0.122 e. The van der Waals surface area contributed by atoms with E-state index in [0.717, 1.165) is 23.3 Å². The lowest BCUT2D eigenvalue weighted by atomic mass is 9.88. The maximum atomic E-state index is 10.5. The van der Waals surface area contributed by atoms with Gasteiger partial charge in [0, 0.05) is 11.1 Å². The Balaban J connectivity index is 2.10. The van der Waals surface area contributed by atoms with Crippen LogP contribution >= 0.6 is 11.6 Å². The van der Waals surface area contributed by atoms with Crippen LogP contribution in [-0.4, -0.2) is 18.3 Å². The first kappa shape index (κ1) is 16.8. The van der Waals surface area contributed by atoms with E-state index in [2.05, 4.69) is 0 Å². The molecule has 0 aliphatic rings. The molecule has 4 heteroatoms. The molecule has 118 valence electrons. The lowest BCUT2D eigenvalue weighted by Crippen LogP contribution is -2.36. The second kappa shape index (κ2) is 7.63. The van der Waals surface area contributed by atoms with Gasteiger partial charge in [0.2, 0.25) is 0 Å². The normalized spacial score (nSPS) is 15.1. The van der Waals surface area contributed by atoms with Crippen LogP contribution in [0.3, 0.4) is 0 Å². The molecule has 0 radical (unpaired) electrons. The van der Waals surface area contributed by atoms with Crippen LogP contribution in [-0.2, 0) is 6.42 Å². The van der Waals surface area contributed by atoms with Crippen LogP contribution in [0.2, 0.25) is 5.02 Å². The van der Waals surface area contributed by atoms with Crippen molar-refractivity contribution in [2.75, 3.05) is 7.11 Å². The van der Waals surface area contributed by atoms with E-state index in [1.807, 2.05) is 43.3 Å². The van der Waals surface area contributed by atoms with Gasteiger partial charge in [-0.1, -0.05) is 48.9 Å². The number of ether oxygens (including phenoxy) is 1. The van der Waals surface area contributed by atoms with E-state index in [0.29, 0.717) is 5.02 Å². The van der Waals surface area contributed by atoms with Crippen molar-refractivity contribution in [2.45, 2.75) is 25.5 Å². The van der Waals surface area contributed by atoms with Crippen LogP contribution in [0.25, 0.3) is 0 Å². The van der Waals surface area contributed by atoms with Crippen LogP contribution < -0.4 is 10.5 Å². The fourth-order valence-corrected chi connectivity index (χ4v) is 2.78. The average molecular weight is 320 g/mol. The fraction of sp³-hybridized carbons (Fsp3) is 0.333. The molecule has 2 aromatic carbocycles. The van der Waals surface area contributed by atoms with Crippen molar-refractivity contribution in [3.05, 3.63) is 64.7 Å². The molecular formula is C18H22ClNO2. The van der Waals surface area contributed by atoms with Crippen molar-refractivity contribution in [3.63, 3.8) is 0 Å². The summed E-state index contributed by atoms with van der Waals surface area (Å²) in [5.74, 6) is 0.934. The second-order valence-corrected chi connectivity index (χ2v) is 6.01. The van der Waals surface area contributed by atoms with Crippen molar-refractivity contribution in [2.24, 2.45) is 11.7 Å². The predicted octanol–water partition coefficient (Wildman–Crippen LogP) is 3.59. The number of benzene rings is 2. The molecule has 3 nitrogen and oxygen atoms in total. The predicted molar refractivity (Wildman–Crippen MR) is 90.2 cm³/mol. The van der Waals surface area contributed by atoms with E-state index >= 15 is 0 Å². The van der Waals surface area contributed by atoms with Gasteiger partial charge in [-0.3, -0.25) is 0 Å². The Morgan fingerprint density at radius 3 is 2.59 bits per heavy atom. The minimum Gasteiger partial charge on any atom is -0.496 e. The number of aliphatic hydroxyl groups is 1. The van der Waals surface area contributed by atoms with Gasteiger partial charge in [0.25, 0.3) is 0 Å². The monoisotopic (exact) mass is 319 g/mol. The number of methoxy groups -OCH3 is 1. The van der Waals surface area contributed by atoms with Crippen LogP contribution in [0.4, 0.5) is 0 Å². The molecule has 0 saturated carbocycles. The summed E-state index contributed by atoms with van der Waals surface area (Å²) in [5.41, 5.74) is 8.08. The minimum absolute atomic E-state index is 0.0882. The van der Waals surface area contributed by atoms with Gasteiger partial charge < -0.3 is 15.6 Å². The van der Waals surface area contributed by atoms with Gasteiger partial charge in [-0.2, -0.15) is 0 Å². The zero-order valence-corrected chi connectivity index (χ0v) is 13.6. The number of nitrogens with two attached hydrogens (primary N) is 1. The summed E-state index contributed by atoms with van der Waals surface area (Å²) in [7, 11) is 1.66. The van der Waals surface area contributed by atoms with E-state index in [-0.39, 0.29) is 12.0 Å². The highest BCUT2D eigenvalue weighted by molar-refractivity contribution is 6.30. The Morgan fingerprint density at radius 1 is 1.18 bits per heavy atom. The van der Waals surface area contributed by atoms with Crippen LogP contribution in [0, 0.1) is 5.92 Å². The van der Waals surface area contributed by atoms with Crippen molar-refractivity contribution >= 4 is 11.6 Å². The molecule has 0 fully saturated rings. The lowest BCUT2D eigenvalue weighted by molar-refractivity contribution is 0.121. The third-order valence-electron chi connectivity index (χ3n) is 3.95. The van der Waals surface area contributed by atoms with E-state index in [9.17, 15) is 5.11 Å². The Bertz CT molecular complexity index is 618. The third-order valence-corrected chi connectivity index (χ3v) is 4.18. The van der Waals surface area contributed by atoms with Gasteiger partial charge in [0.15, 0.2) is 0 Å². The van der Waals surface area contributed by atoms with Crippen LogP contribution in [0.5, 0.6) is 5.75 Å². The Hall–Kier alpha value is -1.55. The van der Waals surface area contributed by atoms with Crippen LogP contribution in [0.1, 0.15) is 24.2 Å². The molecule has 3 N–H and O–H groups in total. The SMILES string of the molecule is COc1ccccc1CC(C)C(N)C(O)c1cccc(Cl)c1. The largest absolute Gasteiger partial charge is 0.496 e. The Morgan fingerprint density at radius 2 is 1.91 bits per heavy atom. The molecule has 3 unspecified atom stereocenters. The average Bonchev–Trinajstić information content (AvgIpc) is 2.54.